The van der Waals surface area contributed by atoms with Gasteiger partial charge in [0.15, 0.2) is 0 Å². The Morgan fingerprint density at radius 3 is 2.40 bits per heavy atom. The van der Waals surface area contributed by atoms with Crippen LogP contribution in [0.2, 0.25) is 6.82 Å². The lowest BCUT2D eigenvalue weighted by Crippen LogP contribution is -2.44. The molecule has 10 heavy (non-hydrogen) atoms. The molecular formula is C5H12BNO3. The Labute approximate surface area is 60.4 Å². The molecule has 0 fully saturated rings. The maximum atomic E-state index is 10.3. The number of rotatable bonds is 4. The zero-order valence-corrected chi connectivity index (χ0v) is 6.16. The minimum atomic E-state index is -0.927. The number of carboxylic acids is 1. The molecule has 0 aliphatic carbocycles. The summed E-state index contributed by atoms with van der Waals surface area (Å²) in [6, 6.07) is -0.639. The lowest BCUT2D eigenvalue weighted by Gasteiger charge is -2.11. The predicted octanol–water partition coefficient (Wildman–Crippen LogP) is -0.451. The average molecular weight is 145 g/mol. The second-order valence-corrected chi connectivity index (χ2v) is 2.14. The minimum Gasteiger partial charge on any atom is -0.480 e. The number of carbonyl (C=O) groups is 1. The molecule has 0 radical (unpaired) electrons. The van der Waals surface area contributed by atoms with Crippen molar-refractivity contribution in [2.75, 3.05) is 0 Å². The lowest BCUT2D eigenvalue weighted by atomic mass is 9.87. The van der Waals surface area contributed by atoms with E-state index in [0.29, 0.717) is 6.42 Å². The van der Waals surface area contributed by atoms with Crippen LogP contribution < -0.4 is 5.23 Å². The molecule has 0 saturated carbocycles. The number of carboxylic acid groups (broad SMARTS) is 1. The second kappa shape index (κ2) is 4.30. The van der Waals surface area contributed by atoms with Gasteiger partial charge in [-0.05, 0) is 13.2 Å². The summed E-state index contributed by atoms with van der Waals surface area (Å²) in [6.45, 7) is 3.24. The third-order valence-corrected chi connectivity index (χ3v) is 1.15. The molecule has 0 aromatic carbocycles. The van der Waals surface area contributed by atoms with Gasteiger partial charge >= 0.3 is 13.0 Å². The number of nitrogens with one attached hydrogen (secondary N) is 1. The summed E-state index contributed by atoms with van der Waals surface area (Å²) < 4.78 is 0. The van der Waals surface area contributed by atoms with Gasteiger partial charge in [-0.2, -0.15) is 0 Å². The van der Waals surface area contributed by atoms with E-state index in [1.807, 2.05) is 0 Å². The highest BCUT2D eigenvalue weighted by Crippen LogP contribution is 1.90. The number of hydrogen-bond donors (Lipinski definition) is 3. The van der Waals surface area contributed by atoms with Crippen molar-refractivity contribution in [3.05, 3.63) is 0 Å². The quantitative estimate of drug-likeness (QED) is 0.468. The van der Waals surface area contributed by atoms with Crippen LogP contribution in [0.4, 0.5) is 0 Å². The van der Waals surface area contributed by atoms with E-state index in [1.165, 1.54) is 6.82 Å². The van der Waals surface area contributed by atoms with E-state index in [-0.39, 0.29) is 0 Å². The molecule has 1 unspecified atom stereocenters. The second-order valence-electron chi connectivity index (χ2n) is 2.14. The van der Waals surface area contributed by atoms with Crippen molar-refractivity contribution in [3.63, 3.8) is 0 Å². The van der Waals surface area contributed by atoms with Gasteiger partial charge in [0.2, 0.25) is 0 Å². The van der Waals surface area contributed by atoms with E-state index in [0.717, 1.165) is 0 Å². The molecule has 3 N–H and O–H groups in total. The molecule has 58 valence electrons. The van der Waals surface area contributed by atoms with Crippen LogP contribution in [-0.2, 0) is 4.79 Å². The van der Waals surface area contributed by atoms with E-state index in [2.05, 4.69) is 5.23 Å². The normalized spacial score (nSPS) is 12.7. The number of hydrogen-bond acceptors (Lipinski definition) is 3. The highest BCUT2D eigenvalue weighted by molar-refractivity contribution is 6.45. The van der Waals surface area contributed by atoms with Gasteiger partial charge in [-0.15, -0.1) is 0 Å². The van der Waals surface area contributed by atoms with Crippen molar-refractivity contribution in [1.29, 1.82) is 0 Å². The number of aliphatic carboxylic acids is 1. The smallest absolute Gasteiger partial charge is 0.374 e. The van der Waals surface area contributed by atoms with Crippen LogP contribution in [0.1, 0.15) is 13.3 Å². The van der Waals surface area contributed by atoms with Crippen LogP contribution in [0.3, 0.4) is 0 Å². The predicted molar refractivity (Wildman–Crippen MR) is 38.7 cm³/mol. The Hall–Kier alpha value is -0.545. The van der Waals surface area contributed by atoms with Gasteiger partial charge in [-0.1, -0.05) is 6.92 Å². The topological polar surface area (TPSA) is 69.6 Å². The standard InChI is InChI=1S/C5H12BNO3/c1-3-4(5(8)9)7-6(2)10/h4,7,10H,3H2,1-2H3,(H,8,9). The average Bonchev–Trinajstić information content (AvgIpc) is 1.81. The van der Waals surface area contributed by atoms with Crippen molar-refractivity contribution in [2.45, 2.75) is 26.2 Å². The molecule has 0 aromatic heterocycles. The molecule has 0 heterocycles. The molecule has 0 rings (SSSR count). The van der Waals surface area contributed by atoms with E-state index in [1.54, 1.807) is 6.92 Å². The summed E-state index contributed by atoms with van der Waals surface area (Å²) >= 11 is 0. The highest BCUT2D eigenvalue weighted by atomic mass is 16.4. The molecule has 0 saturated heterocycles. The van der Waals surface area contributed by atoms with Gasteiger partial charge in [-0.25, -0.2) is 0 Å². The molecule has 5 heteroatoms. The van der Waals surface area contributed by atoms with Crippen molar-refractivity contribution in [1.82, 2.24) is 5.23 Å². The summed E-state index contributed by atoms with van der Waals surface area (Å²) in [5.74, 6) is -0.927. The Morgan fingerprint density at radius 2 is 2.30 bits per heavy atom. The first kappa shape index (κ1) is 9.45. The molecule has 0 bridgehead atoms. The van der Waals surface area contributed by atoms with E-state index >= 15 is 0 Å². The zero-order chi connectivity index (χ0) is 8.15. The summed E-state index contributed by atoms with van der Waals surface area (Å²) in [5.41, 5.74) is 0. The summed E-state index contributed by atoms with van der Waals surface area (Å²) in [4.78, 5) is 10.3. The van der Waals surface area contributed by atoms with Gasteiger partial charge in [0.25, 0.3) is 0 Å². The maximum absolute atomic E-state index is 10.3. The Bertz CT molecular complexity index is 117. The molecule has 0 aliphatic heterocycles. The summed E-state index contributed by atoms with van der Waals surface area (Å²) in [6.07, 6.45) is 0.472. The maximum Gasteiger partial charge on any atom is 0.374 e. The molecule has 0 amide bonds. The van der Waals surface area contributed by atoms with Gasteiger partial charge in [-0.3, -0.25) is 4.79 Å². The Kier molecular flexibility index (Phi) is 4.06. The van der Waals surface area contributed by atoms with Gasteiger partial charge in [0.1, 0.15) is 0 Å². The third kappa shape index (κ3) is 3.47. The first-order chi connectivity index (χ1) is 4.57. The van der Waals surface area contributed by atoms with Crippen LogP contribution in [-0.4, -0.2) is 29.2 Å². The van der Waals surface area contributed by atoms with Gasteiger partial charge in [0.05, 0.1) is 6.04 Å². The first-order valence-electron chi connectivity index (χ1n) is 3.24. The largest absolute Gasteiger partial charge is 0.480 e. The molecule has 0 aliphatic rings. The van der Waals surface area contributed by atoms with Crippen LogP contribution in [0.15, 0.2) is 0 Å². The summed E-state index contributed by atoms with van der Waals surface area (Å²) in [7, 11) is -0.763. The van der Waals surface area contributed by atoms with Crippen molar-refractivity contribution >= 4 is 13.0 Å². The fourth-order valence-electron chi connectivity index (χ4n) is 0.655. The molecular weight excluding hydrogens is 133 g/mol. The molecule has 0 spiro atoms. The monoisotopic (exact) mass is 145 g/mol. The van der Waals surface area contributed by atoms with Crippen LogP contribution >= 0.6 is 0 Å². The van der Waals surface area contributed by atoms with Gasteiger partial charge in [0, 0.05) is 0 Å². The van der Waals surface area contributed by atoms with E-state index < -0.39 is 19.1 Å². The van der Waals surface area contributed by atoms with Crippen LogP contribution in [0.5, 0.6) is 0 Å². The minimum absolute atomic E-state index is 0.472. The fourth-order valence-corrected chi connectivity index (χ4v) is 0.655. The molecule has 0 aromatic rings. The van der Waals surface area contributed by atoms with Crippen LogP contribution in [0.25, 0.3) is 0 Å². The lowest BCUT2D eigenvalue weighted by molar-refractivity contribution is -0.139. The molecule has 4 nitrogen and oxygen atoms in total. The first-order valence-corrected chi connectivity index (χ1v) is 3.24. The Morgan fingerprint density at radius 1 is 1.80 bits per heavy atom. The fraction of sp³-hybridized carbons (Fsp3) is 0.800. The third-order valence-electron chi connectivity index (χ3n) is 1.15. The van der Waals surface area contributed by atoms with Crippen molar-refractivity contribution < 1.29 is 14.9 Å². The SMILES string of the molecule is CCC(NB(C)O)C(=O)O. The Balaban J connectivity index is 3.72. The molecule has 1 atom stereocenters. The summed E-state index contributed by atoms with van der Waals surface area (Å²) in [5, 5.41) is 19.7. The van der Waals surface area contributed by atoms with E-state index in [9.17, 15) is 4.79 Å². The van der Waals surface area contributed by atoms with Crippen molar-refractivity contribution in [2.24, 2.45) is 0 Å². The highest BCUT2D eigenvalue weighted by Gasteiger charge is 2.17. The zero-order valence-electron chi connectivity index (χ0n) is 6.16. The van der Waals surface area contributed by atoms with Crippen molar-refractivity contribution in [3.8, 4) is 0 Å². The van der Waals surface area contributed by atoms with E-state index in [4.69, 9.17) is 10.1 Å². The van der Waals surface area contributed by atoms with Gasteiger partial charge < -0.3 is 15.4 Å². The van der Waals surface area contributed by atoms with Crippen LogP contribution in [0, 0.1) is 0 Å².